The second-order valence-electron chi connectivity index (χ2n) is 4.18. The second-order valence-corrected chi connectivity index (χ2v) is 5.19. The van der Waals surface area contributed by atoms with Crippen molar-refractivity contribution in [3.63, 3.8) is 0 Å². The summed E-state index contributed by atoms with van der Waals surface area (Å²) in [5.74, 6) is 0.222. The molecule has 0 amide bonds. The first-order valence-electron chi connectivity index (χ1n) is 6.26. The molecule has 0 saturated heterocycles. The maximum atomic E-state index is 11.3. The summed E-state index contributed by atoms with van der Waals surface area (Å²) in [6, 6.07) is 5.18. The second kappa shape index (κ2) is 6.99. The van der Waals surface area contributed by atoms with Crippen LogP contribution < -0.4 is 14.6 Å². The molecule has 0 aliphatic carbocycles. The lowest BCUT2D eigenvalue weighted by Crippen LogP contribution is -2.23. The Morgan fingerprint density at radius 3 is 2.68 bits per heavy atom. The SMILES string of the molecule is COc1cccc(/C=C(/Sc2n[nH]c(C)n2)C(=O)[O-])c1OC. The molecule has 0 spiro atoms. The van der Waals surface area contributed by atoms with E-state index in [4.69, 9.17) is 9.47 Å². The minimum Gasteiger partial charge on any atom is -0.544 e. The minimum atomic E-state index is -1.32. The van der Waals surface area contributed by atoms with Crippen LogP contribution in [0.1, 0.15) is 11.4 Å². The predicted octanol–water partition coefficient (Wildman–Crippen LogP) is 1.01. The molecule has 2 rings (SSSR count). The number of thioether (sulfide) groups is 1. The molecule has 1 aromatic heterocycles. The van der Waals surface area contributed by atoms with Gasteiger partial charge in [0, 0.05) is 10.5 Å². The maximum absolute atomic E-state index is 11.3. The molecule has 0 aliphatic rings. The molecule has 0 atom stereocenters. The van der Waals surface area contributed by atoms with Gasteiger partial charge in [0.25, 0.3) is 0 Å². The van der Waals surface area contributed by atoms with Gasteiger partial charge in [0.15, 0.2) is 11.5 Å². The summed E-state index contributed by atoms with van der Waals surface area (Å²) in [6.45, 7) is 1.73. The average Bonchev–Trinajstić information content (AvgIpc) is 2.91. The van der Waals surface area contributed by atoms with Crippen molar-refractivity contribution in [3.8, 4) is 11.5 Å². The number of ether oxygens (including phenoxy) is 2. The van der Waals surface area contributed by atoms with E-state index in [0.717, 1.165) is 11.8 Å². The molecule has 2 aromatic rings. The number of benzene rings is 1. The van der Waals surface area contributed by atoms with Gasteiger partial charge in [0.1, 0.15) is 5.82 Å². The summed E-state index contributed by atoms with van der Waals surface area (Å²) in [7, 11) is 3.00. The van der Waals surface area contributed by atoms with Gasteiger partial charge in [-0.05, 0) is 30.8 Å². The van der Waals surface area contributed by atoms with E-state index in [0.29, 0.717) is 28.0 Å². The number of nitrogens with one attached hydrogen (secondary N) is 1. The molecule has 7 nitrogen and oxygen atoms in total. The van der Waals surface area contributed by atoms with E-state index < -0.39 is 5.97 Å². The fourth-order valence-electron chi connectivity index (χ4n) is 1.76. The molecule has 0 unspecified atom stereocenters. The number of methoxy groups -OCH3 is 2. The van der Waals surface area contributed by atoms with Gasteiger partial charge in [-0.1, -0.05) is 12.1 Å². The monoisotopic (exact) mass is 320 g/mol. The Morgan fingerprint density at radius 2 is 2.14 bits per heavy atom. The number of hydrogen-bond acceptors (Lipinski definition) is 7. The highest BCUT2D eigenvalue weighted by Gasteiger charge is 2.11. The molecule has 8 heteroatoms. The first-order chi connectivity index (χ1) is 10.5. The van der Waals surface area contributed by atoms with E-state index in [-0.39, 0.29) is 4.91 Å². The van der Waals surface area contributed by atoms with Crippen LogP contribution in [0.25, 0.3) is 6.08 Å². The number of para-hydroxylation sites is 1. The number of hydrogen-bond donors (Lipinski definition) is 1. The summed E-state index contributed by atoms with van der Waals surface area (Å²) in [6.07, 6.45) is 1.44. The summed E-state index contributed by atoms with van der Waals surface area (Å²) < 4.78 is 10.5. The van der Waals surface area contributed by atoms with Crippen LogP contribution in [0.15, 0.2) is 28.3 Å². The van der Waals surface area contributed by atoms with Crippen molar-refractivity contribution in [2.45, 2.75) is 12.1 Å². The number of carbonyl (C=O) groups is 1. The van der Waals surface area contributed by atoms with Gasteiger partial charge < -0.3 is 19.4 Å². The molecule has 0 bridgehead atoms. The van der Waals surface area contributed by atoms with Crippen molar-refractivity contribution >= 4 is 23.8 Å². The van der Waals surface area contributed by atoms with Crippen LogP contribution in [0, 0.1) is 6.92 Å². The van der Waals surface area contributed by atoms with Gasteiger partial charge in [0.2, 0.25) is 5.16 Å². The molecule has 0 aliphatic heterocycles. The highest BCUT2D eigenvalue weighted by atomic mass is 32.2. The predicted molar refractivity (Wildman–Crippen MR) is 79.5 cm³/mol. The zero-order valence-corrected chi connectivity index (χ0v) is 13.1. The Morgan fingerprint density at radius 1 is 1.36 bits per heavy atom. The number of aliphatic carboxylic acids is 1. The first-order valence-corrected chi connectivity index (χ1v) is 7.07. The van der Waals surface area contributed by atoms with E-state index in [1.807, 2.05) is 0 Å². The molecular formula is C14H14N3O4S-. The van der Waals surface area contributed by atoms with Crippen LogP contribution in [0.3, 0.4) is 0 Å². The number of carboxylic acid groups (broad SMARTS) is 1. The van der Waals surface area contributed by atoms with E-state index in [1.165, 1.54) is 20.3 Å². The van der Waals surface area contributed by atoms with E-state index in [9.17, 15) is 9.90 Å². The largest absolute Gasteiger partial charge is 0.544 e. The Hall–Kier alpha value is -2.48. The van der Waals surface area contributed by atoms with Crippen molar-refractivity contribution in [2.24, 2.45) is 0 Å². The number of nitrogens with zero attached hydrogens (tertiary/aromatic N) is 2. The van der Waals surface area contributed by atoms with Crippen molar-refractivity contribution in [1.82, 2.24) is 15.2 Å². The molecule has 0 saturated carbocycles. The van der Waals surface area contributed by atoms with Gasteiger partial charge >= 0.3 is 0 Å². The molecule has 22 heavy (non-hydrogen) atoms. The highest BCUT2D eigenvalue weighted by molar-refractivity contribution is 8.04. The van der Waals surface area contributed by atoms with Gasteiger partial charge in [-0.3, -0.25) is 5.10 Å². The third-order valence-electron chi connectivity index (χ3n) is 2.70. The lowest BCUT2D eigenvalue weighted by Gasteiger charge is -2.12. The summed E-state index contributed by atoms with van der Waals surface area (Å²) in [4.78, 5) is 15.4. The summed E-state index contributed by atoms with van der Waals surface area (Å²) in [5.41, 5.74) is 0.556. The van der Waals surface area contributed by atoms with Gasteiger partial charge in [-0.25, -0.2) is 4.98 Å². The van der Waals surface area contributed by atoms with E-state index in [1.54, 1.807) is 25.1 Å². The van der Waals surface area contributed by atoms with Crippen LogP contribution in [0.2, 0.25) is 0 Å². The molecule has 1 heterocycles. The van der Waals surface area contributed by atoms with Gasteiger partial charge in [0.05, 0.1) is 20.2 Å². The molecule has 1 aromatic carbocycles. The smallest absolute Gasteiger partial charge is 0.213 e. The quantitative estimate of drug-likeness (QED) is 0.626. The Bertz CT molecular complexity index is 712. The minimum absolute atomic E-state index is 0.0365. The van der Waals surface area contributed by atoms with Crippen molar-refractivity contribution in [2.75, 3.05) is 14.2 Å². The van der Waals surface area contributed by atoms with Crippen molar-refractivity contribution < 1.29 is 19.4 Å². The number of aryl methyl sites for hydroxylation is 1. The summed E-state index contributed by atoms with van der Waals surface area (Å²) >= 11 is 0.894. The van der Waals surface area contributed by atoms with Crippen LogP contribution in [-0.4, -0.2) is 35.4 Å². The molecule has 1 N–H and O–H groups in total. The number of aromatic amines is 1. The third kappa shape index (κ3) is 3.59. The first kappa shape index (κ1) is 15.9. The lowest BCUT2D eigenvalue weighted by atomic mass is 10.1. The zero-order chi connectivity index (χ0) is 16.1. The normalized spacial score (nSPS) is 11.3. The molecule has 0 radical (unpaired) electrons. The van der Waals surface area contributed by atoms with E-state index >= 15 is 0 Å². The zero-order valence-electron chi connectivity index (χ0n) is 12.2. The van der Waals surface area contributed by atoms with E-state index in [2.05, 4.69) is 15.2 Å². The Balaban J connectivity index is 2.40. The number of carboxylic acids is 1. The van der Waals surface area contributed by atoms with Gasteiger partial charge in [-0.15, -0.1) is 5.10 Å². The maximum Gasteiger partial charge on any atom is 0.213 e. The number of aromatic nitrogens is 3. The number of carbonyl (C=O) groups excluding carboxylic acids is 1. The van der Waals surface area contributed by atoms with Crippen LogP contribution in [0.4, 0.5) is 0 Å². The molecular weight excluding hydrogens is 306 g/mol. The lowest BCUT2D eigenvalue weighted by molar-refractivity contribution is -0.297. The molecule has 0 fully saturated rings. The molecule has 116 valence electrons. The standard InChI is InChI=1S/C14H15N3O4S/c1-8-15-14(17-16-8)22-11(13(18)19)7-9-5-4-6-10(20-2)12(9)21-3/h4-7H,1-3H3,(H,18,19)(H,15,16,17)/p-1/b11-7+. The van der Waals surface area contributed by atoms with Gasteiger partial charge in [-0.2, -0.15) is 0 Å². The Kier molecular flexibility index (Phi) is 5.05. The average molecular weight is 320 g/mol. The fraction of sp³-hybridized carbons (Fsp3) is 0.214. The Labute approximate surface area is 131 Å². The fourth-order valence-corrected chi connectivity index (χ4v) is 2.50. The summed E-state index contributed by atoms with van der Waals surface area (Å²) in [5, 5.41) is 18.2. The number of H-pyrrole nitrogens is 1. The number of rotatable bonds is 6. The van der Waals surface area contributed by atoms with Crippen LogP contribution in [0.5, 0.6) is 11.5 Å². The third-order valence-corrected chi connectivity index (χ3v) is 3.57. The van der Waals surface area contributed by atoms with Crippen molar-refractivity contribution in [3.05, 3.63) is 34.5 Å². The highest BCUT2D eigenvalue weighted by Crippen LogP contribution is 2.34. The van der Waals surface area contributed by atoms with Crippen molar-refractivity contribution in [1.29, 1.82) is 0 Å². The topological polar surface area (TPSA) is 100 Å². The van der Waals surface area contributed by atoms with Crippen LogP contribution >= 0.6 is 11.8 Å². The van der Waals surface area contributed by atoms with Crippen LogP contribution in [-0.2, 0) is 4.79 Å².